The third-order valence-corrected chi connectivity index (χ3v) is 5.88. The van der Waals surface area contributed by atoms with Crippen LogP contribution in [-0.4, -0.2) is 84.2 Å². The first-order valence-electron chi connectivity index (χ1n) is 9.03. The molecule has 3 atom stereocenters. The van der Waals surface area contributed by atoms with Gasteiger partial charge in [0.1, 0.15) is 0 Å². The van der Waals surface area contributed by atoms with Gasteiger partial charge in [-0.15, -0.1) is 0 Å². The van der Waals surface area contributed by atoms with Crippen LogP contribution in [0.5, 0.6) is 0 Å². The second-order valence-electron chi connectivity index (χ2n) is 7.38. The Morgan fingerprint density at radius 3 is 2.45 bits per heavy atom. The van der Waals surface area contributed by atoms with E-state index >= 15 is 0 Å². The summed E-state index contributed by atoms with van der Waals surface area (Å²) < 4.78 is 0. The summed E-state index contributed by atoms with van der Waals surface area (Å²) >= 11 is 0. The molecule has 0 bridgehead atoms. The Kier molecular flexibility index (Phi) is 5.37. The number of aliphatic hydroxyl groups is 1. The van der Waals surface area contributed by atoms with Crippen molar-refractivity contribution in [3.8, 4) is 0 Å². The SMILES string of the molecule is CN1CCN(C(=O)CN2CCC[C@@H]2[C@@H]2CCCC[C@H]2O)CC1. The van der Waals surface area contributed by atoms with E-state index in [4.69, 9.17) is 0 Å². The molecule has 1 aliphatic carbocycles. The number of piperazine rings is 1. The molecule has 1 amide bonds. The third kappa shape index (κ3) is 3.63. The Balaban J connectivity index is 1.55. The second kappa shape index (κ2) is 7.28. The highest BCUT2D eigenvalue weighted by Gasteiger charge is 2.38. The number of aliphatic hydroxyl groups excluding tert-OH is 1. The maximum atomic E-state index is 12.6. The van der Waals surface area contributed by atoms with E-state index in [-0.39, 0.29) is 12.0 Å². The predicted octanol–water partition coefficient (Wildman–Crippen LogP) is 0.776. The molecule has 2 saturated heterocycles. The zero-order valence-corrected chi connectivity index (χ0v) is 13.9. The zero-order valence-electron chi connectivity index (χ0n) is 13.9. The zero-order chi connectivity index (χ0) is 15.5. The van der Waals surface area contributed by atoms with Crippen LogP contribution in [0.25, 0.3) is 0 Å². The van der Waals surface area contributed by atoms with Gasteiger partial charge in [0, 0.05) is 38.1 Å². The van der Waals surface area contributed by atoms with Gasteiger partial charge in [0.25, 0.3) is 0 Å². The number of amides is 1. The van der Waals surface area contributed by atoms with E-state index in [0.29, 0.717) is 18.5 Å². The van der Waals surface area contributed by atoms with Gasteiger partial charge >= 0.3 is 0 Å². The highest BCUT2D eigenvalue weighted by molar-refractivity contribution is 5.78. The van der Waals surface area contributed by atoms with Crippen molar-refractivity contribution in [2.75, 3.05) is 46.3 Å². The first-order valence-corrected chi connectivity index (χ1v) is 9.03. The highest BCUT2D eigenvalue weighted by atomic mass is 16.3. The van der Waals surface area contributed by atoms with Crippen LogP contribution in [0.1, 0.15) is 38.5 Å². The molecule has 1 N–H and O–H groups in total. The van der Waals surface area contributed by atoms with Crippen LogP contribution in [0.4, 0.5) is 0 Å². The van der Waals surface area contributed by atoms with Crippen molar-refractivity contribution >= 4 is 5.91 Å². The Bertz CT molecular complexity index is 382. The summed E-state index contributed by atoms with van der Waals surface area (Å²) in [4.78, 5) is 19.2. The third-order valence-electron chi connectivity index (χ3n) is 5.88. The lowest BCUT2D eigenvalue weighted by Crippen LogP contribution is -2.52. The van der Waals surface area contributed by atoms with Crippen molar-refractivity contribution in [3.63, 3.8) is 0 Å². The fraction of sp³-hybridized carbons (Fsp3) is 0.941. The summed E-state index contributed by atoms with van der Waals surface area (Å²) in [5.41, 5.74) is 0. The van der Waals surface area contributed by atoms with Gasteiger partial charge in [-0.2, -0.15) is 0 Å². The molecule has 0 unspecified atom stereocenters. The molecule has 3 rings (SSSR count). The molecular formula is C17H31N3O2. The van der Waals surface area contributed by atoms with Gasteiger partial charge in [0.15, 0.2) is 0 Å². The lowest BCUT2D eigenvalue weighted by Gasteiger charge is -2.38. The first kappa shape index (κ1) is 16.2. The Labute approximate surface area is 134 Å². The number of carbonyl (C=O) groups is 1. The number of likely N-dealkylation sites (tertiary alicyclic amines) is 1. The normalized spacial score (nSPS) is 35.0. The van der Waals surface area contributed by atoms with E-state index in [1.807, 2.05) is 4.90 Å². The molecule has 5 nitrogen and oxygen atoms in total. The van der Waals surface area contributed by atoms with E-state index in [1.54, 1.807) is 0 Å². The molecule has 5 heteroatoms. The molecule has 126 valence electrons. The number of hydrogen-bond donors (Lipinski definition) is 1. The van der Waals surface area contributed by atoms with E-state index in [9.17, 15) is 9.90 Å². The van der Waals surface area contributed by atoms with Crippen LogP contribution in [0.15, 0.2) is 0 Å². The summed E-state index contributed by atoms with van der Waals surface area (Å²) in [7, 11) is 2.11. The van der Waals surface area contributed by atoms with Crippen LogP contribution in [0, 0.1) is 5.92 Å². The summed E-state index contributed by atoms with van der Waals surface area (Å²) in [5, 5.41) is 10.3. The summed E-state index contributed by atoms with van der Waals surface area (Å²) in [5.74, 6) is 0.668. The summed E-state index contributed by atoms with van der Waals surface area (Å²) in [6.45, 7) is 5.26. The predicted molar refractivity (Wildman–Crippen MR) is 86.6 cm³/mol. The Morgan fingerprint density at radius 2 is 1.73 bits per heavy atom. The van der Waals surface area contributed by atoms with Crippen molar-refractivity contribution in [1.29, 1.82) is 0 Å². The number of likely N-dealkylation sites (N-methyl/N-ethyl adjacent to an activating group) is 1. The monoisotopic (exact) mass is 309 g/mol. The maximum Gasteiger partial charge on any atom is 0.236 e. The number of hydrogen-bond acceptors (Lipinski definition) is 4. The number of rotatable bonds is 3. The highest BCUT2D eigenvalue weighted by Crippen LogP contribution is 2.34. The smallest absolute Gasteiger partial charge is 0.236 e. The molecule has 2 aliphatic heterocycles. The van der Waals surface area contributed by atoms with Gasteiger partial charge < -0.3 is 14.9 Å². The van der Waals surface area contributed by atoms with Crippen LogP contribution < -0.4 is 0 Å². The Hall–Kier alpha value is -0.650. The molecule has 22 heavy (non-hydrogen) atoms. The van der Waals surface area contributed by atoms with Gasteiger partial charge in [0.05, 0.1) is 12.6 Å². The van der Waals surface area contributed by atoms with Crippen LogP contribution >= 0.6 is 0 Å². The number of nitrogens with zero attached hydrogens (tertiary/aromatic N) is 3. The fourth-order valence-corrected chi connectivity index (χ4v) is 4.45. The van der Waals surface area contributed by atoms with Gasteiger partial charge in [-0.05, 0) is 39.3 Å². The number of carbonyl (C=O) groups excluding carboxylic acids is 1. The summed E-state index contributed by atoms with van der Waals surface area (Å²) in [6, 6.07) is 0.423. The molecule has 0 spiro atoms. The fourth-order valence-electron chi connectivity index (χ4n) is 4.45. The van der Waals surface area contributed by atoms with E-state index < -0.39 is 0 Å². The standard InChI is InChI=1S/C17H31N3O2/c1-18-9-11-19(12-10-18)17(22)13-20-8-4-6-15(20)14-5-2-3-7-16(14)21/h14-16,21H,2-13H2,1H3/t14-,15+,16+/m0/s1. The van der Waals surface area contributed by atoms with Gasteiger partial charge in [-0.3, -0.25) is 9.69 Å². The van der Waals surface area contributed by atoms with E-state index in [0.717, 1.165) is 58.4 Å². The first-order chi connectivity index (χ1) is 10.6. The van der Waals surface area contributed by atoms with Crippen molar-refractivity contribution in [2.24, 2.45) is 5.92 Å². The van der Waals surface area contributed by atoms with Crippen LogP contribution in [0.3, 0.4) is 0 Å². The minimum Gasteiger partial charge on any atom is -0.393 e. The molecule has 3 fully saturated rings. The molecule has 0 aromatic heterocycles. The van der Waals surface area contributed by atoms with Gasteiger partial charge in [-0.25, -0.2) is 0 Å². The molecular weight excluding hydrogens is 278 g/mol. The van der Waals surface area contributed by atoms with Crippen LogP contribution in [-0.2, 0) is 4.79 Å². The molecule has 0 radical (unpaired) electrons. The average Bonchev–Trinajstić information content (AvgIpc) is 2.96. The second-order valence-corrected chi connectivity index (χ2v) is 7.38. The average molecular weight is 309 g/mol. The molecule has 3 aliphatic rings. The lowest BCUT2D eigenvalue weighted by atomic mass is 9.80. The molecule has 0 aromatic rings. The quantitative estimate of drug-likeness (QED) is 0.837. The van der Waals surface area contributed by atoms with E-state index in [1.165, 1.54) is 12.8 Å². The summed E-state index contributed by atoms with van der Waals surface area (Å²) in [6.07, 6.45) is 6.63. The van der Waals surface area contributed by atoms with Crippen molar-refractivity contribution in [1.82, 2.24) is 14.7 Å². The van der Waals surface area contributed by atoms with Crippen molar-refractivity contribution in [2.45, 2.75) is 50.7 Å². The minimum atomic E-state index is -0.155. The minimum absolute atomic E-state index is 0.155. The van der Waals surface area contributed by atoms with Crippen molar-refractivity contribution in [3.05, 3.63) is 0 Å². The van der Waals surface area contributed by atoms with Gasteiger partial charge in [-0.1, -0.05) is 12.8 Å². The lowest BCUT2D eigenvalue weighted by molar-refractivity contribution is -0.134. The maximum absolute atomic E-state index is 12.6. The largest absolute Gasteiger partial charge is 0.393 e. The van der Waals surface area contributed by atoms with Crippen LogP contribution in [0.2, 0.25) is 0 Å². The Morgan fingerprint density at radius 1 is 1.00 bits per heavy atom. The molecule has 0 aromatic carbocycles. The topological polar surface area (TPSA) is 47.0 Å². The molecule has 1 saturated carbocycles. The van der Waals surface area contributed by atoms with E-state index in [2.05, 4.69) is 16.8 Å². The molecule has 2 heterocycles. The van der Waals surface area contributed by atoms with Crippen molar-refractivity contribution < 1.29 is 9.90 Å². The van der Waals surface area contributed by atoms with Gasteiger partial charge in [0.2, 0.25) is 5.91 Å².